The van der Waals surface area contributed by atoms with Crippen LogP contribution in [0, 0.1) is 0 Å². The highest BCUT2D eigenvalue weighted by Gasteiger charge is 2.20. The van der Waals surface area contributed by atoms with Crippen LogP contribution >= 0.6 is 0 Å². The van der Waals surface area contributed by atoms with Crippen molar-refractivity contribution in [2.75, 3.05) is 13.2 Å². The van der Waals surface area contributed by atoms with Gasteiger partial charge in [-0.2, -0.15) is 0 Å². The average Bonchev–Trinajstić information content (AvgIpc) is 3.21. The Morgan fingerprint density at radius 3 is 1.25 bits per heavy atom. The minimum absolute atomic E-state index is 0.0210. The van der Waals surface area contributed by atoms with Gasteiger partial charge in [0.25, 0.3) is 0 Å². The van der Waals surface area contributed by atoms with Gasteiger partial charge < -0.3 is 20.3 Å². The van der Waals surface area contributed by atoms with E-state index in [0.717, 1.165) is 77.0 Å². The van der Waals surface area contributed by atoms with E-state index in [1.54, 1.807) is 0 Å². The summed E-state index contributed by atoms with van der Waals surface area (Å²) >= 11 is 0. The third kappa shape index (κ3) is 44.0. The lowest BCUT2D eigenvalue weighted by molar-refractivity contribution is -0.143. The molecule has 2 unspecified atom stereocenters. The zero-order valence-electron chi connectivity index (χ0n) is 38.3. The van der Waals surface area contributed by atoms with Crippen LogP contribution in [0.1, 0.15) is 277 Å². The van der Waals surface area contributed by atoms with Gasteiger partial charge in [0.05, 0.1) is 25.4 Å². The van der Waals surface area contributed by atoms with Crippen LogP contribution in [0.15, 0.2) is 12.2 Å². The normalized spacial score (nSPS) is 12.7. The molecule has 0 spiro atoms. The minimum Gasteiger partial charge on any atom is -0.466 e. The first-order valence-electron chi connectivity index (χ1n) is 25.4. The molecule has 0 fully saturated rings. The average molecular weight is 806 g/mol. The number of unbranched alkanes of at least 4 members (excludes halogenated alkanes) is 34. The lowest BCUT2D eigenvalue weighted by Crippen LogP contribution is -2.45. The number of ether oxygens (including phenoxy) is 1. The number of carbonyl (C=O) groups excluding carboxylic acids is 2. The summed E-state index contributed by atoms with van der Waals surface area (Å²) < 4.78 is 5.44. The first kappa shape index (κ1) is 55.6. The second-order valence-electron chi connectivity index (χ2n) is 17.5. The van der Waals surface area contributed by atoms with Crippen LogP contribution in [0.5, 0.6) is 0 Å². The molecule has 3 N–H and O–H groups in total. The van der Waals surface area contributed by atoms with Crippen LogP contribution in [0.25, 0.3) is 0 Å². The fourth-order valence-corrected chi connectivity index (χ4v) is 7.87. The van der Waals surface area contributed by atoms with Gasteiger partial charge in [0.2, 0.25) is 5.91 Å². The van der Waals surface area contributed by atoms with Crippen molar-refractivity contribution in [2.24, 2.45) is 0 Å². The number of nitrogens with one attached hydrogen (secondary N) is 1. The third-order valence-corrected chi connectivity index (χ3v) is 11.8. The number of allylic oxidation sites excluding steroid dienone is 2. The SMILES string of the molecule is CCCCCCCCCCCCCCCCCC(O)C(CO)NC(=O)CCCCCCC/C=C\CCCCCOC(=O)CCCCCCCCCCCCCCC. The Balaban J connectivity index is 3.50. The lowest BCUT2D eigenvalue weighted by atomic mass is 10.0. The quantitative estimate of drug-likeness (QED) is 0.0323. The largest absolute Gasteiger partial charge is 0.466 e. The summed E-state index contributed by atoms with van der Waals surface area (Å²) in [5, 5.41) is 23.2. The monoisotopic (exact) mass is 806 g/mol. The molecule has 0 heterocycles. The molecule has 0 radical (unpaired) electrons. The Labute approximate surface area is 355 Å². The predicted octanol–water partition coefficient (Wildman–Crippen LogP) is 15.0. The number of rotatable bonds is 47. The maximum Gasteiger partial charge on any atom is 0.305 e. The Kier molecular flexibility index (Phi) is 46.1. The van der Waals surface area contributed by atoms with Crippen LogP contribution in [0.4, 0.5) is 0 Å². The van der Waals surface area contributed by atoms with Crippen LogP contribution in [0.2, 0.25) is 0 Å². The van der Waals surface area contributed by atoms with E-state index in [0.29, 0.717) is 25.9 Å². The first-order chi connectivity index (χ1) is 28.0. The molecule has 0 aromatic rings. The van der Waals surface area contributed by atoms with Gasteiger partial charge in [0, 0.05) is 12.8 Å². The molecule has 0 aromatic carbocycles. The van der Waals surface area contributed by atoms with Crippen molar-refractivity contribution in [2.45, 2.75) is 289 Å². The van der Waals surface area contributed by atoms with E-state index in [-0.39, 0.29) is 18.5 Å². The Bertz CT molecular complexity index is 847. The summed E-state index contributed by atoms with van der Waals surface area (Å²) in [5.41, 5.74) is 0. The third-order valence-electron chi connectivity index (χ3n) is 11.8. The summed E-state index contributed by atoms with van der Waals surface area (Å²) in [4.78, 5) is 24.4. The van der Waals surface area contributed by atoms with E-state index < -0.39 is 12.1 Å². The Morgan fingerprint density at radius 2 is 0.825 bits per heavy atom. The Morgan fingerprint density at radius 1 is 0.474 bits per heavy atom. The summed E-state index contributed by atoms with van der Waals surface area (Å²) in [5.74, 6) is -0.0805. The van der Waals surface area contributed by atoms with E-state index in [4.69, 9.17) is 4.74 Å². The van der Waals surface area contributed by atoms with Crippen molar-refractivity contribution in [3.05, 3.63) is 12.2 Å². The molecule has 2 atom stereocenters. The number of amides is 1. The molecule has 0 aliphatic carbocycles. The van der Waals surface area contributed by atoms with Crippen LogP contribution in [-0.2, 0) is 14.3 Å². The van der Waals surface area contributed by atoms with Crippen LogP contribution in [-0.4, -0.2) is 47.4 Å². The highest BCUT2D eigenvalue weighted by atomic mass is 16.5. The number of aliphatic hydroxyl groups is 2. The minimum atomic E-state index is -0.679. The number of hydrogen-bond acceptors (Lipinski definition) is 5. The van der Waals surface area contributed by atoms with E-state index in [2.05, 4.69) is 31.3 Å². The second-order valence-corrected chi connectivity index (χ2v) is 17.5. The molecule has 338 valence electrons. The van der Waals surface area contributed by atoms with E-state index in [9.17, 15) is 19.8 Å². The summed E-state index contributed by atoms with van der Waals surface area (Å²) in [7, 11) is 0. The summed E-state index contributed by atoms with van der Waals surface area (Å²) in [6, 6.07) is -0.558. The van der Waals surface area contributed by atoms with Crippen LogP contribution in [0.3, 0.4) is 0 Å². The van der Waals surface area contributed by atoms with Crippen molar-refractivity contribution >= 4 is 11.9 Å². The van der Waals surface area contributed by atoms with Crippen molar-refractivity contribution in [3.63, 3.8) is 0 Å². The van der Waals surface area contributed by atoms with Gasteiger partial charge >= 0.3 is 5.97 Å². The molecule has 0 rings (SSSR count). The molecule has 0 saturated carbocycles. The fourth-order valence-electron chi connectivity index (χ4n) is 7.87. The lowest BCUT2D eigenvalue weighted by Gasteiger charge is -2.22. The van der Waals surface area contributed by atoms with Gasteiger partial charge in [-0.1, -0.05) is 219 Å². The second kappa shape index (κ2) is 47.3. The molecular weight excluding hydrogens is 707 g/mol. The number of aliphatic hydroxyl groups excluding tert-OH is 2. The zero-order chi connectivity index (χ0) is 41.5. The van der Waals surface area contributed by atoms with Gasteiger partial charge in [-0.15, -0.1) is 0 Å². The molecule has 0 bridgehead atoms. The smallest absolute Gasteiger partial charge is 0.305 e. The van der Waals surface area contributed by atoms with Gasteiger partial charge in [0.15, 0.2) is 0 Å². The van der Waals surface area contributed by atoms with Crippen molar-refractivity contribution in [3.8, 4) is 0 Å². The molecule has 57 heavy (non-hydrogen) atoms. The number of carbonyl (C=O) groups is 2. The first-order valence-corrected chi connectivity index (χ1v) is 25.4. The number of esters is 1. The van der Waals surface area contributed by atoms with Gasteiger partial charge in [-0.3, -0.25) is 9.59 Å². The van der Waals surface area contributed by atoms with Gasteiger partial charge in [0.1, 0.15) is 0 Å². The van der Waals surface area contributed by atoms with E-state index in [1.165, 1.54) is 167 Å². The highest BCUT2D eigenvalue weighted by Crippen LogP contribution is 2.16. The Hall–Kier alpha value is -1.40. The maximum atomic E-state index is 12.4. The maximum absolute atomic E-state index is 12.4. The summed E-state index contributed by atoms with van der Waals surface area (Å²) in [6.45, 7) is 4.90. The topological polar surface area (TPSA) is 95.9 Å². The van der Waals surface area contributed by atoms with Crippen LogP contribution < -0.4 is 5.32 Å². The predicted molar refractivity (Wildman–Crippen MR) is 246 cm³/mol. The number of hydrogen-bond donors (Lipinski definition) is 3. The van der Waals surface area contributed by atoms with Gasteiger partial charge in [-0.25, -0.2) is 0 Å². The van der Waals surface area contributed by atoms with Crippen molar-refractivity contribution in [1.82, 2.24) is 5.32 Å². The molecule has 0 aromatic heterocycles. The molecule has 0 saturated heterocycles. The molecule has 1 amide bonds. The van der Waals surface area contributed by atoms with Gasteiger partial charge in [-0.05, 0) is 57.8 Å². The molecule has 6 heteroatoms. The van der Waals surface area contributed by atoms with Crippen molar-refractivity contribution < 1.29 is 24.5 Å². The molecule has 0 aliphatic rings. The zero-order valence-corrected chi connectivity index (χ0v) is 38.3. The molecule has 0 aliphatic heterocycles. The van der Waals surface area contributed by atoms with Crippen molar-refractivity contribution in [1.29, 1.82) is 0 Å². The highest BCUT2D eigenvalue weighted by molar-refractivity contribution is 5.76. The molecule has 6 nitrogen and oxygen atoms in total. The standard InChI is InChI=1S/C51H99NO5/c1-3-5-7-9-11-13-15-17-18-20-23-27-31-35-39-43-49(54)48(47-53)52-50(55)44-40-36-32-28-24-21-22-26-30-34-38-42-46-57-51(56)45-41-37-33-29-25-19-16-14-12-10-8-6-4-2/h22,26,48-49,53-54H,3-21,23-25,27-47H2,1-2H3,(H,52,55)/b26-22-. The summed E-state index contributed by atoms with van der Waals surface area (Å²) in [6.07, 6.45) is 53.2. The van der Waals surface area contributed by atoms with E-state index >= 15 is 0 Å². The molecular formula is C51H99NO5. The van der Waals surface area contributed by atoms with E-state index in [1.807, 2.05) is 0 Å². The fraction of sp³-hybridized carbons (Fsp3) is 0.922.